The zero-order chi connectivity index (χ0) is 14.2. The molecule has 1 atom stereocenters. The van der Waals surface area contributed by atoms with E-state index in [4.69, 9.17) is 9.47 Å². The highest BCUT2D eigenvalue weighted by atomic mass is 16.5. The van der Waals surface area contributed by atoms with Gasteiger partial charge in [-0.25, -0.2) is 0 Å². The molecule has 1 unspecified atom stereocenters. The zero-order valence-electron chi connectivity index (χ0n) is 12.7. The van der Waals surface area contributed by atoms with Crippen LogP contribution in [-0.4, -0.2) is 32.9 Å². The largest absolute Gasteiger partial charge is 0.497 e. The van der Waals surface area contributed by atoms with E-state index in [1.807, 2.05) is 12.1 Å². The first-order valence-corrected chi connectivity index (χ1v) is 7.72. The second-order valence-electron chi connectivity index (χ2n) is 5.76. The maximum Gasteiger partial charge on any atom is 0.118 e. The van der Waals surface area contributed by atoms with E-state index in [-0.39, 0.29) is 0 Å². The van der Waals surface area contributed by atoms with E-state index >= 15 is 0 Å². The summed E-state index contributed by atoms with van der Waals surface area (Å²) in [6, 6.07) is 8.87. The van der Waals surface area contributed by atoms with Gasteiger partial charge in [-0.15, -0.1) is 0 Å². The summed E-state index contributed by atoms with van der Waals surface area (Å²) in [5.41, 5.74) is 1.37. The van der Waals surface area contributed by atoms with Gasteiger partial charge >= 0.3 is 0 Å². The summed E-state index contributed by atoms with van der Waals surface area (Å²) in [5.74, 6) is 1.79. The molecule has 1 saturated carbocycles. The summed E-state index contributed by atoms with van der Waals surface area (Å²) < 4.78 is 10.8. The van der Waals surface area contributed by atoms with Gasteiger partial charge in [-0.1, -0.05) is 12.1 Å². The molecule has 0 saturated heterocycles. The van der Waals surface area contributed by atoms with E-state index in [9.17, 15) is 0 Å². The summed E-state index contributed by atoms with van der Waals surface area (Å²) >= 11 is 0. The molecular weight excluding hydrogens is 250 g/mol. The van der Waals surface area contributed by atoms with Crippen LogP contribution in [0, 0.1) is 5.92 Å². The Bertz CT molecular complexity index is 373. The zero-order valence-corrected chi connectivity index (χ0v) is 12.7. The van der Waals surface area contributed by atoms with E-state index in [1.54, 1.807) is 7.11 Å². The van der Waals surface area contributed by atoms with Crippen LogP contribution in [0.3, 0.4) is 0 Å². The van der Waals surface area contributed by atoms with Gasteiger partial charge in [0.2, 0.25) is 0 Å². The number of rotatable bonds is 10. The van der Waals surface area contributed by atoms with Crippen LogP contribution in [-0.2, 0) is 11.2 Å². The Morgan fingerprint density at radius 3 is 2.65 bits per heavy atom. The van der Waals surface area contributed by atoms with E-state index in [1.165, 1.54) is 18.4 Å². The van der Waals surface area contributed by atoms with Crippen molar-refractivity contribution in [1.29, 1.82) is 0 Å². The van der Waals surface area contributed by atoms with Crippen molar-refractivity contribution in [1.82, 2.24) is 5.32 Å². The normalized spacial score (nSPS) is 16.1. The van der Waals surface area contributed by atoms with Gasteiger partial charge in [0.25, 0.3) is 0 Å². The maximum atomic E-state index is 5.62. The summed E-state index contributed by atoms with van der Waals surface area (Å²) in [6.45, 7) is 4.99. The molecule has 20 heavy (non-hydrogen) atoms. The van der Waals surface area contributed by atoms with E-state index in [0.717, 1.165) is 44.3 Å². The molecule has 0 bridgehead atoms. The number of benzene rings is 1. The minimum Gasteiger partial charge on any atom is -0.497 e. The van der Waals surface area contributed by atoms with Crippen LogP contribution in [0.25, 0.3) is 0 Å². The highest BCUT2D eigenvalue weighted by Gasteiger charge is 2.20. The number of hydrogen-bond donors (Lipinski definition) is 1. The highest BCUT2D eigenvalue weighted by Crippen LogP contribution is 2.28. The van der Waals surface area contributed by atoms with Crippen LogP contribution in [0.1, 0.15) is 31.7 Å². The fourth-order valence-electron chi connectivity index (χ4n) is 2.19. The Labute approximate surface area is 122 Å². The third-order valence-electron chi connectivity index (χ3n) is 3.81. The fraction of sp³-hybridized carbons (Fsp3) is 0.647. The molecule has 0 aromatic heterocycles. The van der Waals surface area contributed by atoms with Crippen molar-refractivity contribution in [3.63, 3.8) is 0 Å². The van der Waals surface area contributed by atoms with Gasteiger partial charge in [0.1, 0.15) is 5.75 Å². The molecule has 0 amide bonds. The number of aryl methyl sites for hydroxylation is 1. The lowest BCUT2D eigenvalue weighted by Gasteiger charge is -2.14. The second-order valence-corrected chi connectivity index (χ2v) is 5.76. The van der Waals surface area contributed by atoms with Crippen molar-refractivity contribution in [2.45, 2.75) is 38.6 Å². The van der Waals surface area contributed by atoms with Crippen LogP contribution in [0.4, 0.5) is 0 Å². The minimum atomic E-state index is 0.529. The predicted octanol–water partition coefficient (Wildman–Crippen LogP) is 3.03. The molecule has 3 nitrogen and oxygen atoms in total. The molecule has 0 spiro atoms. The van der Waals surface area contributed by atoms with Crippen LogP contribution >= 0.6 is 0 Å². The molecule has 1 aliphatic rings. The van der Waals surface area contributed by atoms with Crippen LogP contribution in [0.5, 0.6) is 5.75 Å². The molecule has 3 heteroatoms. The third kappa shape index (κ3) is 5.93. The molecule has 1 aromatic rings. The number of methoxy groups -OCH3 is 1. The summed E-state index contributed by atoms with van der Waals surface area (Å²) in [4.78, 5) is 0. The Morgan fingerprint density at radius 2 is 2.00 bits per heavy atom. The van der Waals surface area contributed by atoms with Gasteiger partial charge in [-0.2, -0.15) is 0 Å². The Balaban J connectivity index is 1.52. The summed E-state index contributed by atoms with van der Waals surface area (Å²) in [7, 11) is 1.70. The predicted molar refractivity (Wildman–Crippen MR) is 82.3 cm³/mol. The average molecular weight is 277 g/mol. The highest BCUT2D eigenvalue weighted by molar-refractivity contribution is 5.27. The van der Waals surface area contributed by atoms with Crippen molar-refractivity contribution in [3.8, 4) is 5.75 Å². The molecule has 1 N–H and O–H groups in total. The molecule has 1 aliphatic carbocycles. The topological polar surface area (TPSA) is 30.5 Å². The minimum absolute atomic E-state index is 0.529. The van der Waals surface area contributed by atoms with Gasteiger partial charge in [-0.3, -0.25) is 0 Å². The number of hydrogen-bond acceptors (Lipinski definition) is 3. The van der Waals surface area contributed by atoms with Gasteiger partial charge in [0, 0.05) is 19.2 Å². The van der Waals surface area contributed by atoms with Crippen LogP contribution in [0.15, 0.2) is 24.3 Å². The first-order chi connectivity index (χ1) is 9.78. The molecule has 1 aromatic carbocycles. The Morgan fingerprint density at radius 1 is 1.25 bits per heavy atom. The van der Waals surface area contributed by atoms with Crippen LogP contribution in [0.2, 0.25) is 0 Å². The Hall–Kier alpha value is -1.06. The third-order valence-corrected chi connectivity index (χ3v) is 3.81. The first-order valence-electron chi connectivity index (χ1n) is 7.72. The summed E-state index contributed by atoms with van der Waals surface area (Å²) in [5, 5.41) is 3.52. The molecular formula is C17H27NO2. The van der Waals surface area contributed by atoms with Crippen molar-refractivity contribution in [3.05, 3.63) is 29.8 Å². The lowest BCUT2D eigenvalue weighted by atomic mass is 10.1. The van der Waals surface area contributed by atoms with Crippen molar-refractivity contribution in [2.24, 2.45) is 5.92 Å². The van der Waals surface area contributed by atoms with Crippen LogP contribution < -0.4 is 10.1 Å². The average Bonchev–Trinajstić information content (AvgIpc) is 3.29. The molecule has 0 aliphatic heterocycles. The lowest BCUT2D eigenvalue weighted by Crippen LogP contribution is -2.30. The fourth-order valence-corrected chi connectivity index (χ4v) is 2.19. The number of ether oxygens (including phenoxy) is 2. The molecule has 1 fully saturated rings. The van der Waals surface area contributed by atoms with Crippen molar-refractivity contribution >= 4 is 0 Å². The van der Waals surface area contributed by atoms with Gasteiger partial charge in [-0.05, 0) is 56.2 Å². The van der Waals surface area contributed by atoms with Crippen molar-refractivity contribution in [2.75, 3.05) is 26.9 Å². The standard InChI is InChI=1S/C17H27NO2/c1-14(18-11-12-20-13-16-5-6-16)3-4-15-7-9-17(19-2)10-8-15/h7-10,14,16,18H,3-6,11-13H2,1-2H3. The van der Waals surface area contributed by atoms with Gasteiger partial charge in [0.15, 0.2) is 0 Å². The molecule has 0 heterocycles. The maximum absolute atomic E-state index is 5.62. The van der Waals surface area contributed by atoms with E-state index < -0.39 is 0 Å². The van der Waals surface area contributed by atoms with Gasteiger partial charge < -0.3 is 14.8 Å². The monoisotopic (exact) mass is 277 g/mol. The Kier molecular flexibility index (Phi) is 6.34. The smallest absolute Gasteiger partial charge is 0.118 e. The van der Waals surface area contributed by atoms with Crippen molar-refractivity contribution < 1.29 is 9.47 Å². The second kappa shape index (κ2) is 8.28. The molecule has 0 radical (unpaired) electrons. The van der Waals surface area contributed by atoms with E-state index in [2.05, 4.69) is 24.4 Å². The summed E-state index contributed by atoms with van der Waals surface area (Å²) in [6.07, 6.45) is 4.98. The molecule has 112 valence electrons. The quantitative estimate of drug-likeness (QED) is 0.667. The van der Waals surface area contributed by atoms with Gasteiger partial charge in [0.05, 0.1) is 13.7 Å². The first kappa shape index (κ1) is 15.3. The lowest BCUT2D eigenvalue weighted by molar-refractivity contribution is 0.124. The number of nitrogens with one attached hydrogen (secondary N) is 1. The molecule has 2 rings (SSSR count). The van der Waals surface area contributed by atoms with E-state index in [0.29, 0.717) is 6.04 Å². The SMILES string of the molecule is COc1ccc(CCC(C)NCCOCC2CC2)cc1.